The SMILES string of the molecule is CNC(=O)c1ccc(N2CCN(Cc3ccc4c([nH]c(=O)c5c(F)cnn54)c3F)CC2)c(Cl)n1. The largest absolute Gasteiger partial charge is 0.366 e. The zero-order chi connectivity index (χ0) is 24.0. The van der Waals surface area contributed by atoms with E-state index in [0.717, 1.165) is 16.4 Å². The molecule has 1 saturated heterocycles. The predicted octanol–water partition coefficient (Wildman–Crippen LogP) is 2.18. The van der Waals surface area contributed by atoms with Crippen LogP contribution in [0.25, 0.3) is 16.6 Å². The second-order valence-corrected chi connectivity index (χ2v) is 8.35. The summed E-state index contributed by atoms with van der Waals surface area (Å²) in [4.78, 5) is 34.7. The molecule has 0 bridgehead atoms. The summed E-state index contributed by atoms with van der Waals surface area (Å²) < 4.78 is 30.2. The lowest BCUT2D eigenvalue weighted by molar-refractivity contribution is 0.0958. The van der Waals surface area contributed by atoms with Crippen molar-refractivity contribution in [3.05, 3.63) is 68.9 Å². The van der Waals surface area contributed by atoms with Gasteiger partial charge in [-0.3, -0.25) is 14.5 Å². The van der Waals surface area contributed by atoms with E-state index in [2.05, 4.69) is 30.2 Å². The van der Waals surface area contributed by atoms with Crippen molar-refractivity contribution in [2.75, 3.05) is 38.1 Å². The molecule has 5 rings (SSSR count). The number of halogens is 3. The van der Waals surface area contributed by atoms with E-state index in [1.54, 1.807) is 24.3 Å². The molecular formula is C22H20ClF2N7O2. The molecule has 34 heavy (non-hydrogen) atoms. The van der Waals surface area contributed by atoms with E-state index < -0.39 is 17.2 Å². The van der Waals surface area contributed by atoms with Crippen molar-refractivity contribution in [1.82, 2.24) is 29.8 Å². The smallest absolute Gasteiger partial charge is 0.277 e. The number of benzene rings is 1. The van der Waals surface area contributed by atoms with E-state index in [1.807, 2.05) is 0 Å². The number of anilines is 1. The van der Waals surface area contributed by atoms with Crippen LogP contribution in [-0.4, -0.2) is 63.6 Å². The van der Waals surface area contributed by atoms with Gasteiger partial charge in [-0.15, -0.1) is 0 Å². The number of piperazine rings is 1. The molecular weight excluding hydrogens is 468 g/mol. The van der Waals surface area contributed by atoms with Crippen molar-refractivity contribution in [3.63, 3.8) is 0 Å². The van der Waals surface area contributed by atoms with E-state index in [-0.39, 0.29) is 33.3 Å². The van der Waals surface area contributed by atoms with Gasteiger partial charge < -0.3 is 15.2 Å². The molecule has 176 valence electrons. The Morgan fingerprint density at radius 2 is 1.94 bits per heavy atom. The number of nitrogens with zero attached hydrogens (tertiary/aromatic N) is 5. The van der Waals surface area contributed by atoms with Gasteiger partial charge >= 0.3 is 0 Å². The minimum atomic E-state index is -0.760. The number of carbonyl (C=O) groups is 1. The first kappa shape index (κ1) is 22.2. The van der Waals surface area contributed by atoms with Crippen molar-refractivity contribution < 1.29 is 13.6 Å². The molecule has 0 unspecified atom stereocenters. The minimum absolute atomic E-state index is 0.00852. The number of carbonyl (C=O) groups excluding carboxylic acids is 1. The highest BCUT2D eigenvalue weighted by atomic mass is 35.5. The number of aromatic nitrogens is 4. The second kappa shape index (κ2) is 8.65. The number of H-pyrrole nitrogens is 1. The Kier molecular flexibility index (Phi) is 5.66. The zero-order valence-corrected chi connectivity index (χ0v) is 18.9. The van der Waals surface area contributed by atoms with E-state index in [1.165, 1.54) is 7.05 Å². The van der Waals surface area contributed by atoms with E-state index in [9.17, 15) is 14.0 Å². The fraction of sp³-hybridized carbons (Fsp3) is 0.273. The number of amides is 1. The maximum atomic E-state index is 15.3. The molecule has 1 aliphatic rings. The summed E-state index contributed by atoms with van der Waals surface area (Å²) in [5.74, 6) is -1.63. The number of pyridine rings is 1. The van der Waals surface area contributed by atoms with Gasteiger partial charge in [0.2, 0.25) is 0 Å². The Morgan fingerprint density at radius 3 is 2.65 bits per heavy atom. The van der Waals surface area contributed by atoms with Gasteiger partial charge in [0.15, 0.2) is 22.3 Å². The zero-order valence-electron chi connectivity index (χ0n) is 18.1. The molecule has 0 spiro atoms. The third-order valence-corrected chi connectivity index (χ3v) is 6.28. The maximum Gasteiger partial charge on any atom is 0.277 e. The Balaban J connectivity index is 1.32. The fourth-order valence-corrected chi connectivity index (χ4v) is 4.49. The van der Waals surface area contributed by atoms with Crippen LogP contribution in [0.2, 0.25) is 5.15 Å². The molecule has 0 aliphatic carbocycles. The summed E-state index contributed by atoms with van der Waals surface area (Å²) in [7, 11) is 1.53. The predicted molar refractivity (Wildman–Crippen MR) is 123 cm³/mol. The second-order valence-electron chi connectivity index (χ2n) is 7.99. The van der Waals surface area contributed by atoms with Crippen molar-refractivity contribution in [3.8, 4) is 0 Å². The third kappa shape index (κ3) is 3.76. The van der Waals surface area contributed by atoms with Crippen LogP contribution in [0, 0.1) is 11.6 Å². The molecule has 0 radical (unpaired) electrons. The van der Waals surface area contributed by atoms with Crippen LogP contribution in [0.5, 0.6) is 0 Å². The van der Waals surface area contributed by atoms with Crippen LogP contribution in [0.3, 0.4) is 0 Å². The lowest BCUT2D eigenvalue weighted by Crippen LogP contribution is -2.46. The van der Waals surface area contributed by atoms with E-state index in [0.29, 0.717) is 38.3 Å². The van der Waals surface area contributed by atoms with Crippen molar-refractivity contribution in [2.45, 2.75) is 6.54 Å². The van der Waals surface area contributed by atoms with Crippen LogP contribution >= 0.6 is 11.6 Å². The Bertz CT molecular complexity index is 1480. The molecule has 1 aliphatic heterocycles. The molecule has 0 saturated carbocycles. The summed E-state index contributed by atoms with van der Waals surface area (Å²) in [5.41, 5.74) is 0.692. The van der Waals surface area contributed by atoms with Crippen LogP contribution in [0.4, 0.5) is 14.5 Å². The summed E-state index contributed by atoms with van der Waals surface area (Å²) >= 11 is 6.31. The van der Waals surface area contributed by atoms with Gasteiger partial charge in [-0.25, -0.2) is 18.3 Å². The number of hydrogen-bond donors (Lipinski definition) is 2. The van der Waals surface area contributed by atoms with Gasteiger partial charge in [-0.05, 0) is 18.2 Å². The summed E-state index contributed by atoms with van der Waals surface area (Å²) in [6.07, 6.45) is 0.934. The van der Waals surface area contributed by atoms with Crippen molar-refractivity contribution in [1.29, 1.82) is 0 Å². The Labute approximate surface area is 196 Å². The Hall–Kier alpha value is -3.57. The molecule has 1 fully saturated rings. The lowest BCUT2D eigenvalue weighted by atomic mass is 10.1. The van der Waals surface area contributed by atoms with E-state index in [4.69, 9.17) is 11.6 Å². The highest BCUT2D eigenvalue weighted by molar-refractivity contribution is 6.32. The Morgan fingerprint density at radius 1 is 1.18 bits per heavy atom. The minimum Gasteiger partial charge on any atom is -0.366 e. The number of nitrogens with one attached hydrogen (secondary N) is 2. The molecule has 2 N–H and O–H groups in total. The van der Waals surface area contributed by atoms with Gasteiger partial charge in [-0.1, -0.05) is 17.7 Å². The monoisotopic (exact) mass is 487 g/mol. The van der Waals surface area contributed by atoms with Crippen LogP contribution in [0.15, 0.2) is 35.3 Å². The molecule has 3 aromatic heterocycles. The first-order valence-corrected chi connectivity index (χ1v) is 11.0. The third-order valence-electron chi connectivity index (χ3n) is 6.00. The quantitative estimate of drug-likeness (QED) is 0.428. The molecule has 12 heteroatoms. The summed E-state index contributed by atoms with van der Waals surface area (Å²) in [6, 6.07) is 6.65. The van der Waals surface area contributed by atoms with Gasteiger partial charge in [0.05, 0.1) is 17.4 Å². The van der Waals surface area contributed by atoms with Crippen molar-refractivity contribution in [2.24, 2.45) is 0 Å². The first-order chi connectivity index (χ1) is 16.4. The number of aromatic amines is 1. The normalized spacial score (nSPS) is 14.8. The fourth-order valence-electron chi connectivity index (χ4n) is 4.22. The van der Waals surface area contributed by atoms with Gasteiger partial charge in [0, 0.05) is 45.3 Å². The van der Waals surface area contributed by atoms with E-state index >= 15 is 4.39 Å². The van der Waals surface area contributed by atoms with Gasteiger partial charge in [0.1, 0.15) is 11.2 Å². The molecule has 4 aromatic rings. The average molecular weight is 488 g/mol. The standard InChI is InChI=1S/C22H20ClF2N7O2/c1-26-21(33)14-3-5-16(20(23)28-14)31-8-6-30(7-9-31)11-12-2-4-15-18(17(12)25)29-22(34)19-13(24)10-27-32(15)19/h2-5,10H,6-9,11H2,1H3,(H,26,33)(H,29,34). The van der Waals surface area contributed by atoms with Crippen molar-refractivity contribution >= 4 is 39.7 Å². The van der Waals surface area contributed by atoms with Crippen LogP contribution in [0.1, 0.15) is 16.1 Å². The molecule has 0 atom stereocenters. The molecule has 9 nitrogen and oxygen atoms in total. The number of hydrogen-bond acceptors (Lipinski definition) is 6. The average Bonchev–Trinajstić information content (AvgIpc) is 3.23. The van der Waals surface area contributed by atoms with Crippen LogP contribution < -0.4 is 15.8 Å². The summed E-state index contributed by atoms with van der Waals surface area (Å²) in [6.45, 7) is 2.90. The first-order valence-electron chi connectivity index (χ1n) is 10.6. The van der Waals surface area contributed by atoms with Gasteiger partial charge in [0.25, 0.3) is 11.5 Å². The highest BCUT2D eigenvalue weighted by Crippen LogP contribution is 2.26. The van der Waals surface area contributed by atoms with Crippen LogP contribution in [-0.2, 0) is 6.54 Å². The molecule has 1 amide bonds. The highest BCUT2D eigenvalue weighted by Gasteiger charge is 2.22. The molecule has 1 aromatic carbocycles. The van der Waals surface area contributed by atoms with Gasteiger partial charge in [-0.2, -0.15) is 5.10 Å². The number of fused-ring (bicyclic) bond motifs is 3. The summed E-state index contributed by atoms with van der Waals surface area (Å²) in [5, 5.41) is 6.62. The topological polar surface area (TPSA) is 98.6 Å². The maximum absolute atomic E-state index is 15.3. The number of rotatable bonds is 4. The lowest BCUT2D eigenvalue weighted by Gasteiger charge is -2.36. The molecule has 4 heterocycles.